The first-order valence-corrected chi connectivity index (χ1v) is 7.69. The van der Waals surface area contributed by atoms with Gasteiger partial charge in [-0.15, -0.1) is 0 Å². The van der Waals surface area contributed by atoms with Crippen molar-refractivity contribution in [3.05, 3.63) is 23.8 Å². The fraction of sp³-hybridized carbons (Fsp3) is 0.688. The third-order valence-corrected chi connectivity index (χ3v) is 3.68. The molecular formula is C16H27N3O3. The lowest BCUT2D eigenvalue weighted by molar-refractivity contribution is -0.122. The third-order valence-electron chi connectivity index (χ3n) is 3.68. The van der Waals surface area contributed by atoms with Crippen molar-refractivity contribution in [3.8, 4) is 0 Å². The molecule has 6 heteroatoms. The van der Waals surface area contributed by atoms with Gasteiger partial charge >= 0.3 is 0 Å². The molecule has 1 saturated heterocycles. The fourth-order valence-electron chi connectivity index (χ4n) is 2.88. The van der Waals surface area contributed by atoms with Gasteiger partial charge in [0.1, 0.15) is 5.82 Å². The molecule has 2 N–H and O–H groups in total. The van der Waals surface area contributed by atoms with Crippen LogP contribution in [0.5, 0.6) is 0 Å². The number of aliphatic hydroxyl groups excluding tert-OH is 1. The van der Waals surface area contributed by atoms with Crippen LogP contribution in [0.4, 0.5) is 0 Å². The van der Waals surface area contributed by atoms with Gasteiger partial charge in [0.2, 0.25) is 0 Å². The minimum absolute atomic E-state index is 0.163. The highest BCUT2D eigenvalue weighted by Crippen LogP contribution is 2.28. The van der Waals surface area contributed by atoms with Crippen LogP contribution in [0.1, 0.15) is 45.1 Å². The predicted molar refractivity (Wildman–Crippen MR) is 84.4 cm³/mol. The van der Waals surface area contributed by atoms with Gasteiger partial charge in [0.15, 0.2) is 0 Å². The number of hydrogen-bond acceptors (Lipinski definition) is 5. The maximum atomic E-state index is 9.94. The van der Waals surface area contributed by atoms with E-state index in [2.05, 4.69) is 35.6 Å². The van der Waals surface area contributed by atoms with Gasteiger partial charge in [-0.05, 0) is 24.3 Å². The summed E-state index contributed by atoms with van der Waals surface area (Å²) in [6.07, 6.45) is 4.29. The first-order valence-electron chi connectivity index (χ1n) is 7.69. The first kappa shape index (κ1) is 18.5. The van der Waals surface area contributed by atoms with Gasteiger partial charge in [-0.1, -0.05) is 20.8 Å². The van der Waals surface area contributed by atoms with Crippen molar-refractivity contribution in [1.82, 2.24) is 14.9 Å². The number of rotatable bonds is 3. The quantitative estimate of drug-likeness (QED) is 0.827. The van der Waals surface area contributed by atoms with E-state index in [-0.39, 0.29) is 18.0 Å². The summed E-state index contributed by atoms with van der Waals surface area (Å²) in [6.45, 7) is 9.08. The average molecular weight is 309 g/mol. The van der Waals surface area contributed by atoms with E-state index in [1.165, 1.54) is 0 Å². The van der Waals surface area contributed by atoms with Crippen molar-refractivity contribution < 1.29 is 15.0 Å². The number of aromatic nitrogens is 2. The Morgan fingerprint density at radius 2 is 2.18 bits per heavy atom. The second-order valence-electron chi connectivity index (χ2n) is 6.44. The molecule has 1 atom stereocenters. The Morgan fingerprint density at radius 1 is 1.50 bits per heavy atom. The normalized spacial score (nSPS) is 21.4. The van der Waals surface area contributed by atoms with Gasteiger partial charge in [0.25, 0.3) is 6.47 Å². The van der Waals surface area contributed by atoms with Crippen LogP contribution in [-0.4, -0.2) is 50.7 Å². The maximum Gasteiger partial charge on any atom is 0.290 e. The molecule has 1 fully saturated rings. The Hall–Kier alpha value is -1.53. The van der Waals surface area contributed by atoms with Crippen molar-refractivity contribution in [2.75, 3.05) is 13.1 Å². The number of hydrogen-bond donors (Lipinski definition) is 2. The lowest BCUT2D eigenvalue weighted by atomic mass is 9.87. The monoisotopic (exact) mass is 309 g/mol. The molecule has 0 saturated carbocycles. The molecule has 1 unspecified atom stereocenters. The third kappa shape index (κ3) is 6.49. The summed E-state index contributed by atoms with van der Waals surface area (Å²) < 4.78 is 0. The molecule has 1 aromatic heterocycles. The standard InChI is InChI=1S/C15H25N3O.CH2O2/c1-4-14-16-7-5-12(17-14)10-18-8-6-13(19)9-15(2,3)11-18;2-1-3/h5,7,13,19H,4,6,8-11H2,1-3H3;1H,(H,2,3). The van der Waals surface area contributed by atoms with E-state index in [0.29, 0.717) is 0 Å². The molecule has 1 aliphatic rings. The molecule has 6 nitrogen and oxygen atoms in total. The lowest BCUT2D eigenvalue weighted by Crippen LogP contribution is -2.32. The van der Waals surface area contributed by atoms with Gasteiger partial charge in [-0.2, -0.15) is 0 Å². The molecule has 0 spiro atoms. The van der Waals surface area contributed by atoms with E-state index >= 15 is 0 Å². The zero-order chi connectivity index (χ0) is 16.6. The van der Waals surface area contributed by atoms with Crippen LogP contribution in [0.3, 0.4) is 0 Å². The number of likely N-dealkylation sites (tertiary alicyclic amines) is 1. The molecule has 0 radical (unpaired) electrons. The second-order valence-corrected chi connectivity index (χ2v) is 6.44. The van der Waals surface area contributed by atoms with Crippen molar-refractivity contribution >= 4 is 6.47 Å². The molecule has 0 aliphatic carbocycles. The van der Waals surface area contributed by atoms with Crippen LogP contribution in [-0.2, 0) is 17.8 Å². The molecule has 1 aromatic rings. The molecule has 0 aromatic carbocycles. The van der Waals surface area contributed by atoms with Crippen LogP contribution in [0.25, 0.3) is 0 Å². The van der Waals surface area contributed by atoms with E-state index in [4.69, 9.17) is 9.90 Å². The minimum Gasteiger partial charge on any atom is -0.483 e. The molecule has 0 amide bonds. The Morgan fingerprint density at radius 3 is 2.82 bits per heavy atom. The summed E-state index contributed by atoms with van der Waals surface area (Å²) in [5, 5.41) is 16.8. The number of aryl methyl sites for hydroxylation is 1. The Labute approximate surface area is 132 Å². The fourth-order valence-corrected chi connectivity index (χ4v) is 2.88. The summed E-state index contributed by atoms with van der Waals surface area (Å²) >= 11 is 0. The van der Waals surface area contributed by atoms with Gasteiger partial charge < -0.3 is 10.2 Å². The summed E-state index contributed by atoms with van der Waals surface area (Å²) in [5.41, 5.74) is 1.25. The summed E-state index contributed by atoms with van der Waals surface area (Å²) in [6, 6.07) is 1.99. The van der Waals surface area contributed by atoms with Gasteiger partial charge in [-0.3, -0.25) is 9.69 Å². The zero-order valence-corrected chi connectivity index (χ0v) is 13.7. The van der Waals surface area contributed by atoms with Crippen molar-refractivity contribution in [3.63, 3.8) is 0 Å². The molecule has 124 valence electrons. The van der Waals surface area contributed by atoms with Crippen LogP contribution in [0.2, 0.25) is 0 Å². The highest BCUT2D eigenvalue weighted by atomic mass is 16.3. The Kier molecular flexibility index (Phi) is 7.41. The number of nitrogens with zero attached hydrogens (tertiary/aromatic N) is 3. The van der Waals surface area contributed by atoms with Crippen LogP contribution < -0.4 is 0 Å². The molecule has 2 rings (SSSR count). The largest absolute Gasteiger partial charge is 0.483 e. The van der Waals surface area contributed by atoms with E-state index in [1.807, 2.05) is 12.3 Å². The SMILES string of the molecule is CCc1nccc(CN2CCC(O)CC(C)(C)C2)n1.O=CO. The van der Waals surface area contributed by atoms with E-state index in [0.717, 1.165) is 50.4 Å². The average Bonchev–Trinajstić information content (AvgIpc) is 2.57. The molecule has 2 heterocycles. The van der Waals surface area contributed by atoms with Crippen LogP contribution in [0.15, 0.2) is 12.3 Å². The zero-order valence-electron chi connectivity index (χ0n) is 13.7. The summed E-state index contributed by atoms with van der Waals surface area (Å²) in [5.74, 6) is 0.909. The van der Waals surface area contributed by atoms with Crippen LogP contribution >= 0.6 is 0 Å². The van der Waals surface area contributed by atoms with Crippen molar-refractivity contribution in [2.24, 2.45) is 5.41 Å². The molecule has 0 bridgehead atoms. The second kappa shape index (κ2) is 8.80. The highest BCUT2D eigenvalue weighted by Gasteiger charge is 2.29. The van der Waals surface area contributed by atoms with Crippen molar-refractivity contribution in [2.45, 2.75) is 52.7 Å². The summed E-state index contributed by atoms with van der Waals surface area (Å²) in [4.78, 5) is 19.6. The van der Waals surface area contributed by atoms with Gasteiger partial charge in [0, 0.05) is 32.3 Å². The number of aliphatic hydroxyl groups is 1. The summed E-state index contributed by atoms with van der Waals surface area (Å²) in [7, 11) is 0. The van der Waals surface area contributed by atoms with Gasteiger partial charge in [-0.25, -0.2) is 9.97 Å². The molecule has 22 heavy (non-hydrogen) atoms. The molecule has 1 aliphatic heterocycles. The van der Waals surface area contributed by atoms with E-state index < -0.39 is 0 Å². The minimum atomic E-state index is -0.250. The van der Waals surface area contributed by atoms with Crippen molar-refractivity contribution in [1.29, 1.82) is 0 Å². The van der Waals surface area contributed by atoms with E-state index in [9.17, 15) is 5.11 Å². The lowest BCUT2D eigenvalue weighted by Gasteiger charge is -2.29. The first-order chi connectivity index (χ1) is 10.4. The highest BCUT2D eigenvalue weighted by molar-refractivity contribution is 5.32. The predicted octanol–water partition coefficient (Wildman–Crippen LogP) is 1.72. The topological polar surface area (TPSA) is 86.5 Å². The maximum absolute atomic E-state index is 9.94. The number of carbonyl (C=O) groups is 1. The number of carboxylic acid groups (broad SMARTS) is 1. The Bertz CT molecular complexity index is 466. The Balaban J connectivity index is 0.000000745. The van der Waals surface area contributed by atoms with E-state index in [1.54, 1.807) is 0 Å². The van der Waals surface area contributed by atoms with Crippen LogP contribution in [0, 0.1) is 5.41 Å². The van der Waals surface area contributed by atoms with Gasteiger partial charge in [0.05, 0.1) is 11.8 Å². The smallest absolute Gasteiger partial charge is 0.290 e. The molecular weight excluding hydrogens is 282 g/mol.